The molecule has 0 bridgehead atoms. The van der Waals surface area contributed by atoms with Gasteiger partial charge in [0.15, 0.2) is 0 Å². The lowest BCUT2D eigenvalue weighted by Crippen LogP contribution is -2.27. The largest absolute Gasteiger partial charge is 0.495 e. The van der Waals surface area contributed by atoms with Crippen LogP contribution in [0.2, 0.25) is 0 Å². The third kappa shape index (κ3) is 2.67. The third-order valence-electron chi connectivity index (χ3n) is 4.03. The van der Waals surface area contributed by atoms with Crippen molar-refractivity contribution in [3.8, 4) is 5.75 Å². The molecule has 1 aromatic carbocycles. The van der Waals surface area contributed by atoms with Gasteiger partial charge in [0.2, 0.25) is 0 Å². The number of methoxy groups -OCH3 is 1. The van der Waals surface area contributed by atoms with Crippen molar-refractivity contribution in [3.05, 3.63) is 29.5 Å². The maximum absolute atomic E-state index is 5.48. The molecule has 0 aliphatic carbocycles. The minimum Gasteiger partial charge on any atom is -0.495 e. The normalized spacial score (nSPS) is 17.3. The molecule has 1 fully saturated rings. The van der Waals surface area contributed by atoms with Gasteiger partial charge in [-0.25, -0.2) is 0 Å². The van der Waals surface area contributed by atoms with E-state index >= 15 is 0 Å². The van der Waals surface area contributed by atoms with Crippen molar-refractivity contribution in [3.63, 3.8) is 0 Å². The van der Waals surface area contributed by atoms with Crippen LogP contribution in [0, 0.1) is 6.92 Å². The molecule has 2 heterocycles. The van der Waals surface area contributed by atoms with Crippen LogP contribution >= 0.6 is 0 Å². The number of H-pyrrole nitrogens is 1. The summed E-state index contributed by atoms with van der Waals surface area (Å²) in [4.78, 5) is 5.90. The Morgan fingerprint density at radius 1 is 1.25 bits per heavy atom. The van der Waals surface area contributed by atoms with Crippen molar-refractivity contribution in [2.75, 3.05) is 33.3 Å². The second kappa shape index (κ2) is 5.85. The predicted octanol–water partition coefficient (Wildman–Crippen LogP) is 2.28. The molecule has 0 amide bonds. The van der Waals surface area contributed by atoms with Crippen LogP contribution in [0.1, 0.15) is 17.5 Å². The highest BCUT2D eigenvalue weighted by Crippen LogP contribution is 2.29. The first-order valence-electron chi connectivity index (χ1n) is 7.35. The average Bonchev–Trinajstić information content (AvgIpc) is 2.68. The maximum Gasteiger partial charge on any atom is 0.143 e. The summed E-state index contributed by atoms with van der Waals surface area (Å²) in [7, 11) is 1.73. The standard InChI is InChI=1S/C16H23N3O/c1-12-8-14-13(10-18-16(14)15(9-12)20-2)11-19-6-3-4-17-5-7-19/h8-10,17-18H,3-7,11H2,1-2H3. The molecule has 4 heteroatoms. The van der Waals surface area contributed by atoms with E-state index in [1.165, 1.54) is 29.5 Å². The molecular formula is C16H23N3O. The fourth-order valence-corrected chi connectivity index (χ4v) is 2.98. The number of hydrogen-bond acceptors (Lipinski definition) is 3. The Kier molecular flexibility index (Phi) is 3.94. The number of ether oxygens (including phenoxy) is 1. The molecule has 1 aromatic heterocycles. The molecule has 2 N–H and O–H groups in total. The smallest absolute Gasteiger partial charge is 0.143 e. The van der Waals surface area contributed by atoms with Gasteiger partial charge in [0.25, 0.3) is 0 Å². The van der Waals surface area contributed by atoms with Crippen LogP contribution in [0.5, 0.6) is 5.75 Å². The number of fused-ring (bicyclic) bond motifs is 1. The first-order chi connectivity index (χ1) is 9.78. The van der Waals surface area contributed by atoms with Gasteiger partial charge in [-0.3, -0.25) is 4.90 Å². The van der Waals surface area contributed by atoms with Crippen molar-refractivity contribution in [2.45, 2.75) is 19.9 Å². The van der Waals surface area contributed by atoms with Gasteiger partial charge in [-0.05, 0) is 49.7 Å². The van der Waals surface area contributed by atoms with Gasteiger partial charge < -0.3 is 15.0 Å². The van der Waals surface area contributed by atoms with Crippen molar-refractivity contribution in [1.29, 1.82) is 0 Å². The van der Waals surface area contributed by atoms with E-state index in [0.29, 0.717) is 0 Å². The van der Waals surface area contributed by atoms with Crippen LogP contribution in [-0.2, 0) is 6.54 Å². The van der Waals surface area contributed by atoms with E-state index < -0.39 is 0 Å². The van der Waals surface area contributed by atoms with E-state index in [9.17, 15) is 0 Å². The van der Waals surface area contributed by atoms with E-state index in [0.717, 1.165) is 37.4 Å². The van der Waals surface area contributed by atoms with Gasteiger partial charge >= 0.3 is 0 Å². The van der Waals surface area contributed by atoms with Gasteiger partial charge in [0.1, 0.15) is 5.75 Å². The average molecular weight is 273 g/mol. The SMILES string of the molecule is COc1cc(C)cc2c(CN3CCCNCC3)c[nH]c12. The molecule has 1 aliphatic heterocycles. The Morgan fingerprint density at radius 2 is 2.15 bits per heavy atom. The van der Waals surface area contributed by atoms with Gasteiger partial charge in [-0.1, -0.05) is 0 Å². The third-order valence-corrected chi connectivity index (χ3v) is 4.03. The minimum absolute atomic E-state index is 0.934. The Hall–Kier alpha value is -1.52. The summed E-state index contributed by atoms with van der Waals surface area (Å²) in [6.45, 7) is 7.64. The second-order valence-electron chi connectivity index (χ2n) is 5.58. The van der Waals surface area contributed by atoms with Gasteiger partial charge in [0, 0.05) is 31.2 Å². The summed E-state index contributed by atoms with van der Waals surface area (Å²) in [6.07, 6.45) is 3.36. The Morgan fingerprint density at radius 3 is 3.00 bits per heavy atom. The first kappa shape index (κ1) is 13.5. The number of aromatic amines is 1. The van der Waals surface area contributed by atoms with E-state index in [-0.39, 0.29) is 0 Å². The molecule has 0 saturated carbocycles. The highest BCUT2D eigenvalue weighted by Gasteiger charge is 2.14. The molecule has 1 aliphatic rings. The first-order valence-corrected chi connectivity index (χ1v) is 7.35. The Bertz CT molecular complexity index is 583. The molecule has 2 aromatic rings. The zero-order valence-corrected chi connectivity index (χ0v) is 12.3. The fraction of sp³-hybridized carbons (Fsp3) is 0.500. The fourth-order valence-electron chi connectivity index (χ4n) is 2.98. The number of rotatable bonds is 3. The van der Waals surface area contributed by atoms with Crippen molar-refractivity contribution < 1.29 is 4.74 Å². The summed E-state index contributed by atoms with van der Waals surface area (Å²) in [5, 5.41) is 4.74. The van der Waals surface area contributed by atoms with E-state index in [1.807, 2.05) is 0 Å². The molecule has 3 rings (SSSR count). The van der Waals surface area contributed by atoms with Crippen LogP contribution in [0.4, 0.5) is 0 Å². The molecule has 1 saturated heterocycles. The molecule has 0 unspecified atom stereocenters. The highest BCUT2D eigenvalue weighted by molar-refractivity contribution is 5.89. The number of nitrogens with one attached hydrogen (secondary N) is 2. The topological polar surface area (TPSA) is 40.3 Å². The minimum atomic E-state index is 0.934. The highest BCUT2D eigenvalue weighted by atomic mass is 16.5. The molecule has 20 heavy (non-hydrogen) atoms. The van der Waals surface area contributed by atoms with Gasteiger partial charge in [-0.15, -0.1) is 0 Å². The summed E-state index contributed by atoms with van der Waals surface area (Å²) >= 11 is 0. The number of aryl methyl sites for hydroxylation is 1. The van der Waals surface area contributed by atoms with Gasteiger partial charge in [0.05, 0.1) is 12.6 Å². The number of hydrogen-bond donors (Lipinski definition) is 2. The van der Waals surface area contributed by atoms with E-state index in [2.05, 4.69) is 40.5 Å². The quantitative estimate of drug-likeness (QED) is 0.901. The summed E-state index contributed by atoms with van der Waals surface area (Å²) in [5.41, 5.74) is 3.72. The predicted molar refractivity (Wildman–Crippen MR) is 82.4 cm³/mol. The van der Waals surface area contributed by atoms with Crippen molar-refractivity contribution in [1.82, 2.24) is 15.2 Å². The summed E-state index contributed by atoms with van der Waals surface area (Å²) in [5.74, 6) is 0.934. The lowest BCUT2D eigenvalue weighted by atomic mass is 10.1. The molecular weight excluding hydrogens is 250 g/mol. The number of aromatic nitrogens is 1. The number of benzene rings is 1. The molecule has 4 nitrogen and oxygen atoms in total. The van der Waals surface area contributed by atoms with Crippen molar-refractivity contribution in [2.24, 2.45) is 0 Å². The van der Waals surface area contributed by atoms with Crippen molar-refractivity contribution >= 4 is 10.9 Å². The van der Waals surface area contributed by atoms with Gasteiger partial charge in [-0.2, -0.15) is 0 Å². The summed E-state index contributed by atoms with van der Waals surface area (Å²) in [6, 6.07) is 4.33. The van der Waals surface area contributed by atoms with Crippen LogP contribution < -0.4 is 10.1 Å². The van der Waals surface area contributed by atoms with Crippen LogP contribution in [0.3, 0.4) is 0 Å². The van der Waals surface area contributed by atoms with Crippen LogP contribution in [0.15, 0.2) is 18.3 Å². The number of nitrogens with zero attached hydrogens (tertiary/aromatic N) is 1. The molecule has 0 atom stereocenters. The maximum atomic E-state index is 5.48. The second-order valence-corrected chi connectivity index (χ2v) is 5.58. The summed E-state index contributed by atoms with van der Waals surface area (Å²) < 4.78 is 5.48. The molecule has 108 valence electrons. The van der Waals surface area contributed by atoms with E-state index in [4.69, 9.17) is 4.74 Å². The zero-order valence-electron chi connectivity index (χ0n) is 12.3. The molecule has 0 radical (unpaired) electrons. The van der Waals surface area contributed by atoms with E-state index in [1.54, 1.807) is 7.11 Å². The molecule has 0 spiro atoms. The van der Waals surface area contributed by atoms with Crippen LogP contribution in [-0.4, -0.2) is 43.2 Å². The lowest BCUT2D eigenvalue weighted by molar-refractivity contribution is 0.285. The Balaban J connectivity index is 1.89. The Labute approximate surface area is 120 Å². The monoisotopic (exact) mass is 273 g/mol. The van der Waals surface area contributed by atoms with Crippen LogP contribution in [0.25, 0.3) is 10.9 Å². The lowest BCUT2D eigenvalue weighted by Gasteiger charge is -2.19. The zero-order chi connectivity index (χ0) is 13.9.